The van der Waals surface area contributed by atoms with Crippen LogP contribution >= 0.6 is 15.9 Å². The van der Waals surface area contributed by atoms with Crippen LogP contribution in [-0.2, 0) is 4.74 Å². The fourth-order valence-electron chi connectivity index (χ4n) is 2.95. The van der Waals surface area contributed by atoms with Crippen molar-refractivity contribution in [3.8, 4) is 5.75 Å². The molecule has 0 spiro atoms. The van der Waals surface area contributed by atoms with Gasteiger partial charge < -0.3 is 9.47 Å². The van der Waals surface area contributed by atoms with E-state index in [-0.39, 0.29) is 11.2 Å². The number of halogens is 1. The quantitative estimate of drug-likeness (QED) is 0.833. The van der Waals surface area contributed by atoms with Crippen LogP contribution < -0.4 is 4.74 Å². The summed E-state index contributed by atoms with van der Waals surface area (Å²) in [4.78, 5) is 2.42. The highest BCUT2D eigenvalue weighted by atomic mass is 79.9. The molecule has 0 atom stereocenters. The Balaban J connectivity index is 1.84. The lowest BCUT2D eigenvalue weighted by Gasteiger charge is -2.47. The van der Waals surface area contributed by atoms with Gasteiger partial charge in [-0.15, -0.1) is 0 Å². The lowest BCUT2D eigenvalue weighted by Crippen LogP contribution is -2.57. The third kappa shape index (κ3) is 4.76. The molecule has 0 radical (unpaired) electrons. The molecule has 0 amide bonds. The summed E-state index contributed by atoms with van der Waals surface area (Å²) < 4.78 is 12.9. The molecule has 0 unspecified atom stereocenters. The molecule has 20 heavy (non-hydrogen) atoms. The van der Waals surface area contributed by atoms with Crippen molar-refractivity contribution in [2.24, 2.45) is 0 Å². The zero-order valence-electron chi connectivity index (χ0n) is 12.8. The number of benzene rings is 1. The molecule has 1 saturated heterocycles. The van der Waals surface area contributed by atoms with Crippen LogP contribution in [0.4, 0.5) is 0 Å². The first-order chi connectivity index (χ1) is 9.26. The SMILES string of the molecule is CC1(C)CN(CCOc2cccc(Br)c2)CC(C)(C)O1. The Labute approximate surface area is 130 Å². The largest absolute Gasteiger partial charge is 0.492 e. The monoisotopic (exact) mass is 341 g/mol. The molecule has 2 rings (SSSR count). The normalized spacial score (nSPS) is 21.6. The van der Waals surface area contributed by atoms with Gasteiger partial charge >= 0.3 is 0 Å². The summed E-state index contributed by atoms with van der Waals surface area (Å²) >= 11 is 3.45. The number of morpholine rings is 1. The van der Waals surface area contributed by atoms with Crippen molar-refractivity contribution in [2.75, 3.05) is 26.2 Å². The smallest absolute Gasteiger partial charge is 0.120 e. The van der Waals surface area contributed by atoms with Crippen molar-refractivity contribution in [1.29, 1.82) is 0 Å². The van der Waals surface area contributed by atoms with Crippen LogP contribution in [-0.4, -0.2) is 42.3 Å². The molecule has 1 aliphatic rings. The summed E-state index contributed by atoms with van der Waals surface area (Å²) in [6, 6.07) is 7.96. The van der Waals surface area contributed by atoms with Crippen LogP contribution in [0.25, 0.3) is 0 Å². The molecule has 0 aliphatic carbocycles. The van der Waals surface area contributed by atoms with E-state index in [0.717, 1.165) is 29.9 Å². The second-order valence-corrected chi connectivity index (χ2v) is 7.55. The summed E-state index contributed by atoms with van der Waals surface area (Å²) in [6.45, 7) is 12.1. The molecule has 3 nitrogen and oxygen atoms in total. The topological polar surface area (TPSA) is 21.7 Å². The second-order valence-electron chi connectivity index (χ2n) is 6.64. The number of hydrogen-bond acceptors (Lipinski definition) is 3. The molecule has 1 aromatic carbocycles. The van der Waals surface area contributed by atoms with Gasteiger partial charge in [0.15, 0.2) is 0 Å². The molecule has 0 saturated carbocycles. The predicted octanol–water partition coefficient (Wildman–Crippen LogP) is 3.72. The maximum absolute atomic E-state index is 6.08. The molecule has 0 bridgehead atoms. The molecule has 0 aromatic heterocycles. The van der Waals surface area contributed by atoms with Crippen LogP contribution in [0, 0.1) is 0 Å². The summed E-state index contributed by atoms with van der Waals surface area (Å²) in [6.07, 6.45) is 0. The summed E-state index contributed by atoms with van der Waals surface area (Å²) in [5.41, 5.74) is -0.199. The van der Waals surface area contributed by atoms with Gasteiger partial charge in [-0.25, -0.2) is 0 Å². The standard InChI is InChI=1S/C16H24BrNO2/c1-15(2)11-18(12-16(3,4)20-15)8-9-19-14-7-5-6-13(17)10-14/h5-7,10H,8-9,11-12H2,1-4H3. The third-order valence-electron chi connectivity index (χ3n) is 3.23. The summed E-state index contributed by atoms with van der Waals surface area (Å²) in [7, 11) is 0. The van der Waals surface area contributed by atoms with Gasteiger partial charge in [-0.05, 0) is 45.9 Å². The maximum atomic E-state index is 6.08. The zero-order valence-corrected chi connectivity index (χ0v) is 14.4. The van der Waals surface area contributed by atoms with E-state index >= 15 is 0 Å². The highest BCUT2D eigenvalue weighted by molar-refractivity contribution is 9.10. The van der Waals surface area contributed by atoms with E-state index in [0.29, 0.717) is 6.61 Å². The first-order valence-electron chi connectivity index (χ1n) is 7.07. The molecule has 0 N–H and O–H groups in total. The first kappa shape index (κ1) is 15.8. The van der Waals surface area contributed by atoms with E-state index in [4.69, 9.17) is 9.47 Å². The highest BCUT2D eigenvalue weighted by Gasteiger charge is 2.37. The van der Waals surface area contributed by atoms with E-state index < -0.39 is 0 Å². The average Bonchev–Trinajstić information content (AvgIpc) is 2.24. The maximum Gasteiger partial charge on any atom is 0.120 e. The van der Waals surface area contributed by atoms with Gasteiger partial charge in [-0.1, -0.05) is 22.0 Å². The van der Waals surface area contributed by atoms with E-state index in [1.165, 1.54) is 0 Å². The Hall–Kier alpha value is -0.580. The number of hydrogen-bond donors (Lipinski definition) is 0. The van der Waals surface area contributed by atoms with Crippen molar-refractivity contribution in [3.63, 3.8) is 0 Å². The van der Waals surface area contributed by atoms with Crippen LogP contribution in [0.5, 0.6) is 5.75 Å². The highest BCUT2D eigenvalue weighted by Crippen LogP contribution is 2.27. The molecular weight excluding hydrogens is 318 g/mol. The van der Waals surface area contributed by atoms with E-state index in [1.54, 1.807) is 0 Å². The van der Waals surface area contributed by atoms with Gasteiger partial charge in [-0.3, -0.25) is 4.90 Å². The predicted molar refractivity (Wildman–Crippen MR) is 85.3 cm³/mol. The minimum atomic E-state index is -0.0997. The Morgan fingerprint density at radius 1 is 1.20 bits per heavy atom. The van der Waals surface area contributed by atoms with Gasteiger partial charge in [0.05, 0.1) is 11.2 Å². The van der Waals surface area contributed by atoms with Gasteiger partial charge in [0.25, 0.3) is 0 Å². The molecule has 1 fully saturated rings. The lowest BCUT2D eigenvalue weighted by molar-refractivity contribution is -0.181. The fraction of sp³-hybridized carbons (Fsp3) is 0.625. The number of ether oxygens (including phenoxy) is 2. The van der Waals surface area contributed by atoms with Crippen molar-refractivity contribution in [2.45, 2.75) is 38.9 Å². The summed E-state index contributed by atoms with van der Waals surface area (Å²) in [5, 5.41) is 0. The Morgan fingerprint density at radius 2 is 1.85 bits per heavy atom. The van der Waals surface area contributed by atoms with E-state index in [2.05, 4.69) is 48.5 Å². The Kier molecular flexibility index (Phi) is 4.77. The van der Waals surface area contributed by atoms with Gasteiger partial charge in [-0.2, -0.15) is 0 Å². The lowest BCUT2D eigenvalue weighted by atomic mass is 9.99. The van der Waals surface area contributed by atoms with Crippen molar-refractivity contribution in [3.05, 3.63) is 28.7 Å². The van der Waals surface area contributed by atoms with Crippen LogP contribution in [0.2, 0.25) is 0 Å². The van der Waals surface area contributed by atoms with Gasteiger partial charge in [0.1, 0.15) is 12.4 Å². The van der Waals surface area contributed by atoms with Crippen LogP contribution in [0.1, 0.15) is 27.7 Å². The zero-order chi connectivity index (χ0) is 14.8. The Morgan fingerprint density at radius 3 is 2.45 bits per heavy atom. The van der Waals surface area contributed by atoms with Gasteiger partial charge in [0.2, 0.25) is 0 Å². The van der Waals surface area contributed by atoms with Gasteiger partial charge in [0, 0.05) is 24.1 Å². The van der Waals surface area contributed by atoms with Crippen molar-refractivity contribution in [1.82, 2.24) is 4.90 Å². The molecule has 4 heteroatoms. The average molecular weight is 342 g/mol. The Bertz CT molecular complexity index is 444. The molecular formula is C16H24BrNO2. The number of rotatable bonds is 4. The molecule has 1 aromatic rings. The second kappa shape index (κ2) is 6.04. The van der Waals surface area contributed by atoms with Crippen molar-refractivity contribution < 1.29 is 9.47 Å². The summed E-state index contributed by atoms with van der Waals surface area (Å²) in [5.74, 6) is 0.908. The minimum Gasteiger partial charge on any atom is -0.492 e. The molecule has 112 valence electrons. The van der Waals surface area contributed by atoms with E-state index in [1.807, 2.05) is 24.3 Å². The first-order valence-corrected chi connectivity index (χ1v) is 7.86. The fourth-order valence-corrected chi connectivity index (χ4v) is 3.33. The van der Waals surface area contributed by atoms with E-state index in [9.17, 15) is 0 Å². The minimum absolute atomic E-state index is 0.0997. The van der Waals surface area contributed by atoms with Crippen LogP contribution in [0.15, 0.2) is 28.7 Å². The van der Waals surface area contributed by atoms with Crippen molar-refractivity contribution >= 4 is 15.9 Å². The van der Waals surface area contributed by atoms with Crippen LogP contribution in [0.3, 0.4) is 0 Å². The molecule has 1 heterocycles. The third-order valence-corrected chi connectivity index (χ3v) is 3.73. The molecule has 1 aliphatic heterocycles. The number of nitrogens with zero attached hydrogens (tertiary/aromatic N) is 1.